The van der Waals surface area contributed by atoms with E-state index in [9.17, 15) is 0 Å². The maximum atomic E-state index is 5.53. The van der Waals surface area contributed by atoms with E-state index in [1.54, 1.807) is 14.2 Å². The molecular weight excluding hydrogens is 468 g/mol. The molecule has 1 aromatic heterocycles. The molecule has 0 fully saturated rings. The van der Waals surface area contributed by atoms with Crippen LogP contribution in [0.5, 0.6) is 11.5 Å². The molecular formula is C25H33BrN4O2. The van der Waals surface area contributed by atoms with Gasteiger partial charge in [-0.3, -0.25) is 0 Å². The van der Waals surface area contributed by atoms with Crippen molar-refractivity contribution < 1.29 is 9.47 Å². The highest BCUT2D eigenvalue weighted by Crippen LogP contribution is 2.35. The maximum absolute atomic E-state index is 5.53. The summed E-state index contributed by atoms with van der Waals surface area (Å²) < 4.78 is 12.1. The number of aromatic nitrogens is 2. The first-order valence-corrected chi connectivity index (χ1v) is 12.0. The molecule has 1 unspecified atom stereocenters. The van der Waals surface area contributed by atoms with Crippen LogP contribution in [0.15, 0.2) is 40.9 Å². The Bertz CT molecular complexity index is 1020. The Hall–Kier alpha value is -2.38. The largest absolute Gasteiger partial charge is 0.493 e. The van der Waals surface area contributed by atoms with E-state index < -0.39 is 0 Å². The monoisotopic (exact) mass is 500 g/mol. The van der Waals surface area contributed by atoms with Crippen LogP contribution in [0.4, 0.5) is 5.82 Å². The standard InChI is InChI=1S/C25H33BrN4O2/c1-6-30(7-2)14-8-9-17(3)27-25-20-15-22(31-4)23(32-5)16-21(20)28-24(29-25)18-10-12-19(26)13-11-18/h10-13,15-17H,6-9,14H2,1-5H3,(H,27,28,29). The van der Waals surface area contributed by atoms with Gasteiger partial charge in [-0.1, -0.05) is 41.9 Å². The number of rotatable bonds is 11. The minimum Gasteiger partial charge on any atom is -0.493 e. The molecule has 0 saturated heterocycles. The number of anilines is 1. The molecule has 2 aromatic carbocycles. The van der Waals surface area contributed by atoms with Gasteiger partial charge in [0, 0.05) is 27.5 Å². The lowest BCUT2D eigenvalue weighted by atomic mass is 10.1. The van der Waals surface area contributed by atoms with Crippen molar-refractivity contribution in [2.75, 3.05) is 39.2 Å². The predicted octanol–water partition coefficient (Wildman–Crippen LogP) is 6.00. The van der Waals surface area contributed by atoms with E-state index in [4.69, 9.17) is 19.4 Å². The molecule has 32 heavy (non-hydrogen) atoms. The first-order valence-electron chi connectivity index (χ1n) is 11.2. The van der Waals surface area contributed by atoms with Crippen LogP contribution in [-0.4, -0.2) is 54.8 Å². The van der Waals surface area contributed by atoms with Gasteiger partial charge in [-0.25, -0.2) is 9.97 Å². The Morgan fingerprint density at radius 3 is 2.28 bits per heavy atom. The number of hydrogen-bond donors (Lipinski definition) is 1. The van der Waals surface area contributed by atoms with E-state index >= 15 is 0 Å². The molecule has 1 atom stereocenters. The fourth-order valence-corrected chi connectivity index (χ4v) is 4.02. The SMILES string of the molecule is CCN(CC)CCCC(C)Nc1nc(-c2ccc(Br)cc2)nc2cc(OC)c(OC)cc12. The van der Waals surface area contributed by atoms with Crippen molar-refractivity contribution >= 4 is 32.7 Å². The van der Waals surface area contributed by atoms with Crippen LogP contribution in [0.2, 0.25) is 0 Å². The summed E-state index contributed by atoms with van der Waals surface area (Å²) in [4.78, 5) is 12.2. The first-order chi connectivity index (χ1) is 15.5. The van der Waals surface area contributed by atoms with Crippen LogP contribution in [0, 0.1) is 0 Å². The smallest absolute Gasteiger partial charge is 0.162 e. The molecule has 1 N–H and O–H groups in total. The van der Waals surface area contributed by atoms with Gasteiger partial charge < -0.3 is 19.7 Å². The van der Waals surface area contributed by atoms with Crippen molar-refractivity contribution in [1.29, 1.82) is 0 Å². The number of hydrogen-bond acceptors (Lipinski definition) is 6. The molecule has 0 aliphatic carbocycles. The van der Waals surface area contributed by atoms with Crippen molar-refractivity contribution in [2.24, 2.45) is 0 Å². The zero-order valence-electron chi connectivity index (χ0n) is 19.6. The molecule has 0 aliphatic rings. The molecule has 3 rings (SSSR count). The fourth-order valence-electron chi connectivity index (χ4n) is 3.76. The Labute approximate surface area is 199 Å². The molecule has 0 radical (unpaired) electrons. The number of methoxy groups -OCH3 is 2. The van der Waals surface area contributed by atoms with E-state index in [1.807, 2.05) is 36.4 Å². The van der Waals surface area contributed by atoms with Gasteiger partial charge in [-0.15, -0.1) is 0 Å². The van der Waals surface area contributed by atoms with Crippen LogP contribution < -0.4 is 14.8 Å². The molecule has 6 nitrogen and oxygen atoms in total. The molecule has 0 saturated carbocycles. The minimum absolute atomic E-state index is 0.273. The molecule has 1 heterocycles. The summed E-state index contributed by atoms with van der Waals surface area (Å²) in [6, 6.07) is 12.2. The summed E-state index contributed by atoms with van der Waals surface area (Å²) in [5.41, 5.74) is 1.77. The number of fused-ring (bicyclic) bond motifs is 1. The van der Waals surface area contributed by atoms with Gasteiger partial charge in [0.1, 0.15) is 5.82 Å². The maximum Gasteiger partial charge on any atom is 0.162 e. The second-order valence-electron chi connectivity index (χ2n) is 7.84. The summed E-state index contributed by atoms with van der Waals surface area (Å²) in [6.45, 7) is 9.92. The molecule has 0 bridgehead atoms. The van der Waals surface area contributed by atoms with E-state index in [0.717, 1.165) is 59.2 Å². The Morgan fingerprint density at radius 2 is 1.66 bits per heavy atom. The molecule has 0 amide bonds. The number of benzene rings is 2. The van der Waals surface area contributed by atoms with Gasteiger partial charge in [-0.2, -0.15) is 0 Å². The third-order valence-corrected chi connectivity index (χ3v) is 6.22. The lowest BCUT2D eigenvalue weighted by Crippen LogP contribution is -2.25. The number of halogens is 1. The van der Waals surface area contributed by atoms with Gasteiger partial charge in [0.15, 0.2) is 17.3 Å². The minimum atomic E-state index is 0.273. The number of nitrogens with zero attached hydrogens (tertiary/aromatic N) is 3. The second kappa shape index (κ2) is 11.5. The third kappa shape index (κ3) is 5.90. The van der Waals surface area contributed by atoms with Crippen molar-refractivity contribution in [3.05, 3.63) is 40.9 Å². The van der Waals surface area contributed by atoms with Crippen molar-refractivity contribution in [3.63, 3.8) is 0 Å². The average molecular weight is 501 g/mol. The lowest BCUT2D eigenvalue weighted by Gasteiger charge is -2.21. The van der Waals surface area contributed by atoms with Gasteiger partial charge in [-0.05, 0) is 57.6 Å². The van der Waals surface area contributed by atoms with Gasteiger partial charge in [0.25, 0.3) is 0 Å². The van der Waals surface area contributed by atoms with Crippen molar-refractivity contribution in [3.8, 4) is 22.9 Å². The summed E-state index contributed by atoms with van der Waals surface area (Å²) in [5, 5.41) is 4.55. The van der Waals surface area contributed by atoms with Crippen LogP contribution >= 0.6 is 15.9 Å². The Morgan fingerprint density at radius 1 is 1.00 bits per heavy atom. The normalized spacial score (nSPS) is 12.2. The topological polar surface area (TPSA) is 59.5 Å². The van der Waals surface area contributed by atoms with Crippen LogP contribution in [-0.2, 0) is 0 Å². The van der Waals surface area contributed by atoms with Crippen molar-refractivity contribution in [2.45, 2.75) is 39.7 Å². The van der Waals surface area contributed by atoms with Crippen LogP contribution in [0.3, 0.4) is 0 Å². The Kier molecular flexibility index (Phi) is 8.70. The quantitative estimate of drug-likeness (QED) is 0.348. The predicted molar refractivity (Wildman–Crippen MR) is 136 cm³/mol. The van der Waals surface area contributed by atoms with Gasteiger partial charge in [0.05, 0.1) is 19.7 Å². The lowest BCUT2D eigenvalue weighted by molar-refractivity contribution is 0.295. The Balaban J connectivity index is 1.95. The zero-order valence-corrected chi connectivity index (χ0v) is 21.2. The van der Waals surface area contributed by atoms with Gasteiger partial charge in [0.2, 0.25) is 0 Å². The molecule has 172 valence electrons. The summed E-state index contributed by atoms with van der Waals surface area (Å²) in [6.07, 6.45) is 2.19. The van der Waals surface area contributed by atoms with E-state index in [1.165, 1.54) is 0 Å². The highest BCUT2D eigenvalue weighted by atomic mass is 79.9. The molecule has 0 aliphatic heterocycles. The van der Waals surface area contributed by atoms with Gasteiger partial charge >= 0.3 is 0 Å². The van der Waals surface area contributed by atoms with Crippen LogP contribution in [0.25, 0.3) is 22.3 Å². The van der Waals surface area contributed by atoms with E-state index in [-0.39, 0.29) is 6.04 Å². The zero-order chi connectivity index (χ0) is 23.1. The number of nitrogens with one attached hydrogen (secondary N) is 1. The molecule has 7 heteroatoms. The fraction of sp³-hybridized carbons (Fsp3) is 0.440. The van der Waals surface area contributed by atoms with E-state index in [0.29, 0.717) is 17.3 Å². The van der Waals surface area contributed by atoms with Crippen LogP contribution in [0.1, 0.15) is 33.6 Å². The number of ether oxygens (including phenoxy) is 2. The second-order valence-corrected chi connectivity index (χ2v) is 8.76. The summed E-state index contributed by atoms with van der Waals surface area (Å²) in [7, 11) is 3.28. The average Bonchev–Trinajstić information content (AvgIpc) is 2.81. The van der Waals surface area contributed by atoms with Crippen molar-refractivity contribution in [1.82, 2.24) is 14.9 Å². The highest BCUT2D eigenvalue weighted by Gasteiger charge is 2.16. The summed E-state index contributed by atoms with van der Waals surface area (Å²) >= 11 is 3.50. The molecule has 3 aromatic rings. The first kappa shape index (κ1) is 24.3. The molecule has 0 spiro atoms. The highest BCUT2D eigenvalue weighted by molar-refractivity contribution is 9.10. The summed E-state index contributed by atoms with van der Waals surface area (Å²) in [5.74, 6) is 2.80. The van der Waals surface area contributed by atoms with E-state index in [2.05, 4.69) is 46.9 Å². The third-order valence-electron chi connectivity index (χ3n) is 5.69.